The Bertz CT molecular complexity index is 686. The zero-order valence-electron chi connectivity index (χ0n) is 14.5. The van der Waals surface area contributed by atoms with Crippen molar-refractivity contribution in [2.24, 2.45) is 5.92 Å². The summed E-state index contributed by atoms with van der Waals surface area (Å²) in [5, 5.41) is 10.0. The summed E-state index contributed by atoms with van der Waals surface area (Å²) in [5.74, 6) is 0.364. The van der Waals surface area contributed by atoms with Gasteiger partial charge in [-0.1, -0.05) is 26.0 Å². The summed E-state index contributed by atoms with van der Waals surface area (Å²) < 4.78 is 0. The number of benzene rings is 1. The number of hydrogen-bond donors (Lipinski definition) is 2. The topological polar surface area (TPSA) is 61.0 Å². The quantitative estimate of drug-likeness (QED) is 0.854. The summed E-state index contributed by atoms with van der Waals surface area (Å²) in [4.78, 5) is 14.8. The van der Waals surface area contributed by atoms with Gasteiger partial charge in [0.25, 0.3) is 5.91 Å². The van der Waals surface area contributed by atoms with Crippen molar-refractivity contribution in [3.63, 3.8) is 0 Å². The lowest BCUT2D eigenvalue weighted by molar-refractivity contribution is 0.102. The highest BCUT2D eigenvalue weighted by Gasteiger charge is 2.14. The van der Waals surface area contributed by atoms with Crippen LogP contribution in [0.3, 0.4) is 0 Å². The molecular formula is C19H26N4O. The fourth-order valence-corrected chi connectivity index (χ4v) is 3.16. The fraction of sp³-hybridized carbons (Fsp3) is 0.474. The van der Waals surface area contributed by atoms with Crippen LogP contribution in [0.2, 0.25) is 0 Å². The summed E-state index contributed by atoms with van der Waals surface area (Å²) in [6.07, 6.45) is 3.47. The van der Waals surface area contributed by atoms with Crippen LogP contribution in [0.15, 0.2) is 30.3 Å². The Balaban J connectivity index is 1.62. The molecule has 0 unspecified atom stereocenters. The molecule has 2 heterocycles. The number of likely N-dealkylation sites (tertiary alicyclic amines) is 1. The molecule has 128 valence electrons. The normalized spacial score (nSPS) is 15.1. The van der Waals surface area contributed by atoms with Gasteiger partial charge in [0.1, 0.15) is 0 Å². The minimum absolute atomic E-state index is 0.167. The van der Waals surface area contributed by atoms with Gasteiger partial charge in [-0.3, -0.25) is 14.8 Å². The van der Waals surface area contributed by atoms with E-state index in [0.29, 0.717) is 11.6 Å². The number of hydrogen-bond acceptors (Lipinski definition) is 3. The first-order valence-electron chi connectivity index (χ1n) is 8.77. The van der Waals surface area contributed by atoms with Crippen LogP contribution < -0.4 is 5.32 Å². The average molecular weight is 326 g/mol. The van der Waals surface area contributed by atoms with E-state index in [-0.39, 0.29) is 5.91 Å². The second-order valence-corrected chi connectivity index (χ2v) is 7.01. The first kappa shape index (κ1) is 16.7. The van der Waals surface area contributed by atoms with Crippen LogP contribution in [-0.2, 0) is 13.0 Å². The Kier molecular flexibility index (Phi) is 5.30. The van der Waals surface area contributed by atoms with Gasteiger partial charge in [-0.15, -0.1) is 0 Å². The molecule has 0 bridgehead atoms. The first-order chi connectivity index (χ1) is 11.6. The monoisotopic (exact) mass is 326 g/mol. The van der Waals surface area contributed by atoms with Crippen molar-refractivity contribution in [3.05, 3.63) is 47.3 Å². The molecule has 1 saturated heterocycles. The zero-order chi connectivity index (χ0) is 16.9. The van der Waals surface area contributed by atoms with Crippen molar-refractivity contribution in [3.8, 4) is 0 Å². The molecule has 1 aliphatic heterocycles. The van der Waals surface area contributed by atoms with Crippen LogP contribution in [0.1, 0.15) is 48.4 Å². The second kappa shape index (κ2) is 7.62. The molecule has 5 nitrogen and oxygen atoms in total. The van der Waals surface area contributed by atoms with Crippen molar-refractivity contribution in [2.75, 3.05) is 18.4 Å². The number of aromatic nitrogens is 2. The van der Waals surface area contributed by atoms with E-state index in [9.17, 15) is 4.79 Å². The molecule has 1 aromatic carbocycles. The lowest BCUT2D eigenvalue weighted by atomic mass is 10.1. The van der Waals surface area contributed by atoms with Gasteiger partial charge in [-0.25, -0.2) is 0 Å². The Morgan fingerprint density at radius 3 is 2.83 bits per heavy atom. The summed E-state index contributed by atoms with van der Waals surface area (Å²) in [6.45, 7) is 7.58. The third kappa shape index (κ3) is 4.45. The zero-order valence-corrected chi connectivity index (χ0v) is 14.5. The van der Waals surface area contributed by atoms with Gasteiger partial charge >= 0.3 is 0 Å². The largest absolute Gasteiger partial charge is 0.321 e. The maximum Gasteiger partial charge on any atom is 0.276 e. The van der Waals surface area contributed by atoms with Gasteiger partial charge in [-0.2, -0.15) is 5.10 Å². The summed E-state index contributed by atoms with van der Waals surface area (Å²) in [7, 11) is 0. The molecule has 1 aliphatic rings. The number of carbonyl (C=O) groups excluding carboxylic acids is 1. The smallest absolute Gasteiger partial charge is 0.276 e. The van der Waals surface area contributed by atoms with Gasteiger partial charge in [0.2, 0.25) is 0 Å². The molecule has 1 amide bonds. The van der Waals surface area contributed by atoms with Crippen molar-refractivity contribution in [1.82, 2.24) is 15.1 Å². The van der Waals surface area contributed by atoms with Gasteiger partial charge in [0.05, 0.1) is 0 Å². The van der Waals surface area contributed by atoms with Crippen LogP contribution in [0.25, 0.3) is 0 Å². The number of H-pyrrole nitrogens is 1. The lowest BCUT2D eigenvalue weighted by Crippen LogP contribution is -2.18. The number of anilines is 1. The van der Waals surface area contributed by atoms with Crippen LogP contribution >= 0.6 is 0 Å². The van der Waals surface area contributed by atoms with Crippen LogP contribution in [0, 0.1) is 5.92 Å². The summed E-state index contributed by atoms with van der Waals surface area (Å²) in [6, 6.07) is 9.92. The molecule has 2 aromatic rings. The molecule has 2 N–H and O–H groups in total. The standard InChI is InChI=1S/C19H26N4O/c1-14(2)10-17-12-18(22-21-17)19(24)20-16-7-5-6-15(11-16)13-23-8-3-4-9-23/h5-7,11-12,14H,3-4,8-10,13H2,1-2H3,(H,20,24)(H,21,22). The van der Waals surface area contributed by atoms with Gasteiger partial charge in [-0.05, 0) is 62.0 Å². The number of rotatable bonds is 6. The van der Waals surface area contributed by atoms with Gasteiger partial charge in [0.15, 0.2) is 5.69 Å². The molecule has 24 heavy (non-hydrogen) atoms. The number of carbonyl (C=O) groups is 1. The number of nitrogens with zero attached hydrogens (tertiary/aromatic N) is 2. The van der Waals surface area contributed by atoms with Crippen molar-refractivity contribution >= 4 is 11.6 Å². The van der Waals surface area contributed by atoms with E-state index in [1.165, 1.54) is 31.5 Å². The Labute approximate surface area is 143 Å². The SMILES string of the molecule is CC(C)Cc1cc(C(=O)Nc2cccc(CN3CCCC3)c2)n[nH]1. The Morgan fingerprint density at radius 2 is 2.08 bits per heavy atom. The number of amides is 1. The van der Waals surface area contributed by atoms with E-state index in [1.54, 1.807) is 0 Å². The number of aromatic amines is 1. The average Bonchev–Trinajstić information content (AvgIpc) is 3.19. The van der Waals surface area contributed by atoms with Crippen LogP contribution in [0.4, 0.5) is 5.69 Å². The molecule has 1 aromatic heterocycles. The minimum Gasteiger partial charge on any atom is -0.321 e. The summed E-state index contributed by atoms with van der Waals surface area (Å²) >= 11 is 0. The van der Waals surface area contributed by atoms with Gasteiger partial charge in [0, 0.05) is 17.9 Å². The van der Waals surface area contributed by atoms with Crippen LogP contribution in [-0.4, -0.2) is 34.1 Å². The van der Waals surface area contributed by atoms with E-state index in [2.05, 4.69) is 46.4 Å². The molecule has 0 atom stereocenters. The van der Waals surface area contributed by atoms with Crippen molar-refractivity contribution in [1.29, 1.82) is 0 Å². The highest BCUT2D eigenvalue weighted by Crippen LogP contribution is 2.17. The highest BCUT2D eigenvalue weighted by molar-refractivity contribution is 6.02. The third-order valence-corrected chi connectivity index (χ3v) is 4.28. The maximum atomic E-state index is 12.4. The fourth-order valence-electron chi connectivity index (χ4n) is 3.16. The molecule has 0 saturated carbocycles. The molecule has 5 heteroatoms. The third-order valence-electron chi connectivity index (χ3n) is 4.28. The summed E-state index contributed by atoms with van der Waals surface area (Å²) in [5.41, 5.74) is 3.50. The molecule has 0 spiro atoms. The molecule has 0 aliphatic carbocycles. The molecule has 0 radical (unpaired) electrons. The molecule has 3 rings (SSSR count). The maximum absolute atomic E-state index is 12.4. The molecule has 1 fully saturated rings. The van der Waals surface area contributed by atoms with E-state index < -0.39 is 0 Å². The minimum atomic E-state index is -0.167. The molecular weight excluding hydrogens is 300 g/mol. The lowest BCUT2D eigenvalue weighted by Gasteiger charge is -2.15. The first-order valence-corrected chi connectivity index (χ1v) is 8.77. The predicted octanol–water partition coefficient (Wildman–Crippen LogP) is 3.46. The van der Waals surface area contributed by atoms with E-state index >= 15 is 0 Å². The van der Waals surface area contributed by atoms with E-state index in [1.807, 2.05) is 18.2 Å². The Morgan fingerprint density at radius 1 is 1.29 bits per heavy atom. The number of nitrogens with one attached hydrogen (secondary N) is 2. The van der Waals surface area contributed by atoms with Crippen molar-refractivity contribution < 1.29 is 4.79 Å². The van der Waals surface area contributed by atoms with Gasteiger partial charge < -0.3 is 5.32 Å². The van der Waals surface area contributed by atoms with E-state index in [0.717, 1.165) is 24.3 Å². The van der Waals surface area contributed by atoms with Crippen LogP contribution in [0.5, 0.6) is 0 Å². The van der Waals surface area contributed by atoms with E-state index in [4.69, 9.17) is 0 Å². The second-order valence-electron chi connectivity index (χ2n) is 7.01. The predicted molar refractivity (Wildman–Crippen MR) is 96.0 cm³/mol. The highest BCUT2D eigenvalue weighted by atomic mass is 16.1. The Hall–Kier alpha value is -2.14. The van der Waals surface area contributed by atoms with Crippen molar-refractivity contribution in [2.45, 2.75) is 39.7 Å².